The Balaban J connectivity index is 1.00. The maximum Gasteiger partial charge on any atom is 0.409 e. The number of benzene rings is 2. The molecule has 1 saturated heterocycles. The van der Waals surface area contributed by atoms with Gasteiger partial charge in [0.1, 0.15) is 25.3 Å². The molecule has 11 heteroatoms. The van der Waals surface area contributed by atoms with Crippen LogP contribution in [0.3, 0.4) is 0 Å². The van der Waals surface area contributed by atoms with Gasteiger partial charge in [-0.05, 0) is 53.1 Å². The van der Waals surface area contributed by atoms with Crippen molar-refractivity contribution in [1.82, 2.24) is 30.1 Å². The van der Waals surface area contributed by atoms with E-state index in [9.17, 15) is 4.79 Å². The molecule has 2 aromatic carbocycles. The topological polar surface area (TPSA) is 104 Å². The third-order valence-corrected chi connectivity index (χ3v) is 7.13. The number of amides is 1. The largest absolute Gasteiger partial charge is 0.487 e. The summed E-state index contributed by atoms with van der Waals surface area (Å²) < 4.78 is 18.5. The van der Waals surface area contributed by atoms with Crippen molar-refractivity contribution in [3.63, 3.8) is 0 Å². The second-order valence-corrected chi connectivity index (χ2v) is 9.52. The van der Waals surface area contributed by atoms with E-state index in [0.29, 0.717) is 38.8 Å². The summed E-state index contributed by atoms with van der Waals surface area (Å²) in [4.78, 5) is 18.9. The number of carbonyl (C=O) groups is 1. The Hall–Kier alpha value is -3.83. The minimum atomic E-state index is -0.277. The van der Waals surface area contributed by atoms with Crippen molar-refractivity contribution in [3.05, 3.63) is 82.6 Å². The van der Waals surface area contributed by atoms with E-state index in [0.717, 1.165) is 40.5 Å². The molecule has 2 aromatic heterocycles. The van der Waals surface area contributed by atoms with Gasteiger partial charge >= 0.3 is 6.09 Å². The van der Waals surface area contributed by atoms with Crippen molar-refractivity contribution in [2.45, 2.75) is 32.0 Å². The SMILES string of the molecule is O=C(OCCOCc1ccccc1)N1CCC(c2nc(COc3ccc(-n4cnnn4)cc3)cs2)CC1. The zero-order valence-electron chi connectivity index (χ0n) is 20.3. The van der Waals surface area contributed by atoms with E-state index in [1.165, 1.54) is 0 Å². The highest BCUT2D eigenvalue weighted by Crippen LogP contribution is 2.31. The van der Waals surface area contributed by atoms with Crippen LogP contribution in [-0.2, 0) is 22.7 Å². The fraction of sp³-hybridized carbons (Fsp3) is 0.346. The van der Waals surface area contributed by atoms with E-state index in [1.807, 2.05) is 60.0 Å². The molecule has 0 N–H and O–H groups in total. The van der Waals surface area contributed by atoms with E-state index in [1.54, 1.807) is 27.2 Å². The molecule has 1 aliphatic rings. The van der Waals surface area contributed by atoms with Gasteiger partial charge < -0.3 is 19.1 Å². The smallest absolute Gasteiger partial charge is 0.409 e. The van der Waals surface area contributed by atoms with Crippen LogP contribution in [0.1, 0.15) is 35.0 Å². The zero-order chi connectivity index (χ0) is 25.3. The first-order valence-corrected chi connectivity index (χ1v) is 13.1. The molecule has 0 unspecified atom stereocenters. The summed E-state index contributed by atoms with van der Waals surface area (Å²) in [5, 5.41) is 14.3. The fourth-order valence-corrected chi connectivity index (χ4v) is 5.04. The molecule has 0 bridgehead atoms. The van der Waals surface area contributed by atoms with E-state index in [4.69, 9.17) is 19.2 Å². The van der Waals surface area contributed by atoms with E-state index in [-0.39, 0.29) is 12.7 Å². The summed E-state index contributed by atoms with van der Waals surface area (Å²) >= 11 is 1.65. The Labute approximate surface area is 218 Å². The summed E-state index contributed by atoms with van der Waals surface area (Å²) in [7, 11) is 0. The molecular weight excluding hydrogens is 492 g/mol. The molecule has 1 amide bonds. The van der Waals surface area contributed by atoms with Gasteiger partial charge in [0, 0.05) is 24.4 Å². The predicted octanol–water partition coefficient (Wildman–Crippen LogP) is 4.23. The summed E-state index contributed by atoms with van der Waals surface area (Å²) in [6, 6.07) is 17.5. The first-order chi connectivity index (χ1) is 18.2. The monoisotopic (exact) mass is 520 g/mol. The van der Waals surface area contributed by atoms with Crippen molar-refractivity contribution in [2.24, 2.45) is 0 Å². The van der Waals surface area contributed by atoms with Gasteiger partial charge in [-0.2, -0.15) is 0 Å². The Kier molecular flexibility index (Phi) is 8.34. The summed E-state index contributed by atoms with van der Waals surface area (Å²) in [6.45, 7) is 2.87. The average Bonchev–Trinajstić information content (AvgIpc) is 3.66. The molecule has 0 saturated carbocycles. The normalized spacial score (nSPS) is 14.0. The Morgan fingerprint density at radius 3 is 2.57 bits per heavy atom. The number of piperidine rings is 1. The molecule has 0 aliphatic carbocycles. The molecule has 10 nitrogen and oxygen atoms in total. The number of rotatable bonds is 10. The number of nitrogens with zero attached hydrogens (tertiary/aromatic N) is 6. The molecule has 0 spiro atoms. The number of hydrogen-bond acceptors (Lipinski definition) is 9. The maximum absolute atomic E-state index is 12.4. The molecular formula is C26H28N6O4S. The van der Waals surface area contributed by atoms with Crippen LogP contribution in [0.4, 0.5) is 4.79 Å². The predicted molar refractivity (Wildman–Crippen MR) is 137 cm³/mol. The third-order valence-electron chi connectivity index (χ3n) is 6.07. The lowest BCUT2D eigenvalue weighted by molar-refractivity contribution is 0.0453. The van der Waals surface area contributed by atoms with Crippen LogP contribution in [-0.4, -0.2) is 62.5 Å². The first-order valence-electron chi connectivity index (χ1n) is 12.2. The second-order valence-electron chi connectivity index (χ2n) is 8.63. The Morgan fingerprint density at radius 1 is 1.00 bits per heavy atom. The number of thiazole rings is 1. The highest BCUT2D eigenvalue weighted by atomic mass is 32.1. The van der Waals surface area contributed by atoms with Gasteiger partial charge in [-0.25, -0.2) is 14.5 Å². The number of hydrogen-bond donors (Lipinski definition) is 0. The summed E-state index contributed by atoms with van der Waals surface area (Å²) in [6.07, 6.45) is 3.00. The van der Waals surface area contributed by atoms with E-state index in [2.05, 4.69) is 15.5 Å². The van der Waals surface area contributed by atoms with Crippen molar-refractivity contribution in [3.8, 4) is 11.4 Å². The Morgan fingerprint density at radius 2 is 1.81 bits per heavy atom. The van der Waals surface area contributed by atoms with Crippen LogP contribution >= 0.6 is 11.3 Å². The molecule has 3 heterocycles. The van der Waals surface area contributed by atoms with Crippen LogP contribution in [0.2, 0.25) is 0 Å². The van der Waals surface area contributed by atoms with Gasteiger partial charge in [0.2, 0.25) is 0 Å². The van der Waals surface area contributed by atoms with Gasteiger partial charge in [0.25, 0.3) is 0 Å². The molecule has 1 fully saturated rings. The Bertz CT molecular complexity index is 1240. The number of aromatic nitrogens is 5. The maximum atomic E-state index is 12.4. The van der Waals surface area contributed by atoms with Gasteiger partial charge in [0.05, 0.1) is 29.6 Å². The number of ether oxygens (including phenoxy) is 3. The van der Waals surface area contributed by atoms with Crippen molar-refractivity contribution < 1.29 is 19.0 Å². The lowest BCUT2D eigenvalue weighted by Gasteiger charge is -2.30. The third kappa shape index (κ3) is 6.89. The standard InChI is InChI=1S/C26H28N6O4S/c33-26(35-15-14-34-16-20-4-2-1-3-5-20)31-12-10-21(11-13-31)25-28-22(18-37-25)17-36-24-8-6-23(7-9-24)32-19-27-29-30-32/h1-9,18-19,21H,10-17H2. The summed E-state index contributed by atoms with van der Waals surface area (Å²) in [5.74, 6) is 1.09. The lowest BCUT2D eigenvalue weighted by atomic mass is 9.98. The molecule has 1 aliphatic heterocycles. The van der Waals surface area contributed by atoms with Gasteiger partial charge in [0.15, 0.2) is 0 Å². The minimum absolute atomic E-state index is 0.252. The van der Waals surface area contributed by atoms with Crippen LogP contribution in [0, 0.1) is 0 Å². The van der Waals surface area contributed by atoms with Gasteiger partial charge in [-0.3, -0.25) is 0 Å². The molecule has 0 radical (unpaired) electrons. The van der Waals surface area contributed by atoms with Crippen LogP contribution in [0.5, 0.6) is 5.75 Å². The quantitative estimate of drug-likeness (QED) is 0.286. The molecule has 37 heavy (non-hydrogen) atoms. The minimum Gasteiger partial charge on any atom is -0.487 e. The fourth-order valence-electron chi connectivity index (χ4n) is 4.06. The van der Waals surface area contributed by atoms with Gasteiger partial charge in [-0.15, -0.1) is 16.4 Å². The highest BCUT2D eigenvalue weighted by molar-refractivity contribution is 7.09. The van der Waals surface area contributed by atoms with Crippen molar-refractivity contribution in [1.29, 1.82) is 0 Å². The number of likely N-dealkylation sites (tertiary alicyclic amines) is 1. The van der Waals surface area contributed by atoms with Gasteiger partial charge in [-0.1, -0.05) is 30.3 Å². The molecule has 192 valence electrons. The van der Waals surface area contributed by atoms with E-state index < -0.39 is 0 Å². The lowest BCUT2D eigenvalue weighted by Crippen LogP contribution is -2.38. The van der Waals surface area contributed by atoms with Crippen LogP contribution < -0.4 is 4.74 Å². The van der Waals surface area contributed by atoms with Crippen LogP contribution in [0.15, 0.2) is 66.3 Å². The highest BCUT2D eigenvalue weighted by Gasteiger charge is 2.26. The first kappa shape index (κ1) is 24.8. The molecule has 4 aromatic rings. The van der Waals surface area contributed by atoms with Crippen molar-refractivity contribution >= 4 is 17.4 Å². The number of carbonyl (C=O) groups excluding carboxylic acids is 1. The van der Waals surface area contributed by atoms with E-state index >= 15 is 0 Å². The summed E-state index contributed by atoms with van der Waals surface area (Å²) in [5.41, 5.74) is 2.87. The second kappa shape index (κ2) is 12.4. The molecule has 5 rings (SSSR count). The molecule has 0 atom stereocenters. The average molecular weight is 521 g/mol. The number of tetrazole rings is 1. The van der Waals surface area contributed by atoms with Crippen molar-refractivity contribution in [2.75, 3.05) is 26.3 Å². The van der Waals surface area contributed by atoms with Crippen LogP contribution in [0.25, 0.3) is 5.69 Å². The zero-order valence-corrected chi connectivity index (χ0v) is 21.1.